The smallest absolute Gasteiger partial charge is 0.303 e. The summed E-state index contributed by atoms with van der Waals surface area (Å²) in [5.41, 5.74) is 0. The van der Waals surface area contributed by atoms with Crippen LogP contribution in [0.2, 0.25) is 0 Å². The molecule has 0 amide bonds. The maximum atomic E-state index is 10.6. The average Bonchev–Trinajstić information content (AvgIpc) is 2.84. The molecule has 1 aliphatic rings. The van der Waals surface area contributed by atoms with Crippen LogP contribution in [0, 0.1) is 5.92 Å². The van der Waals surface area contributed by atoms with Crippen molar-refractivity contribution in [1.82, 2.24) is 20.2 Å². The number of aliphatic carboxylic acids is 1. The van der Waals surface area contributed by atoms with Crippen LogP contribution < -0.4 is 0 Å². The van der Waals surface area contributed by atoms with E-state index in [1.54, 1.807) is 4.68 Å². The van der Waals surface area contributed by atoms with Crippen LogP contribution in [-0.4, -0.2) is 37.9 Å². The summed E-state index contributed by atoms with van der Waals surface area (Å²) in [5, 5.41) is 20.2. The van der Waals surface area contributed by atoms with Crippen LogP contribution in [0.1, 0.15) is 38.1 Å². The van der Waals surface area contributed by atoms with E-state index in [2.05, 4.69) is 15.5 Å². The first-order chi connectivity index (χ1) is 8.16. The van der Waals surface area contributed by atoms with Crippen LogP contribution in [0.3, 0.4) is 0 Å². The fraction of sp³-hybridized carbons (Fsp3) is 0.800. The van der Waals surface area contributed by atoms with Crippen molar-refractivity contribution in [2.24, 2.45) is 5.92 Å². The van der Waals surface area contributed by atoms with Gasteiger partial charge < -0.3 is 9.84 Å². The topological polar surface area (TPSA) is 90.1 Å². The van der Waals surface area contributed by atoms with Crippen LogP contribution in [0.4, 0.5) is 0 Å². The highest BCUT2D eigenvalue weighted by Crippen LogP contribution is 2.26. The molecule has 94 valence electrons. The lowest BCUT2D eigenvalue weighted by atomic mass is 10.1. The Balaban J connectivity index is 2.00. The molecule has 0 aromatic carbocycles. The van der Waals surface area contributed by atoms with E-state index in [0.29, 0.717) is 12.4 Å². The van der Waals surface area contributed by atoms with Crippen LogP contribution >= 0.6 is 0 Å². The van der Waals surface area contributed by atoms with E-state index < -0.39 is 5.97 Å². The minimum atomic E-state index is -0.802. The lowest BCUT2D eigenvalue weighted by Gasteiger charge is -2.12. The van der Waals surface area contributed by atoms with Gasteiger partial charge in [-0.15, -0.1) is 5.10 Å². The SMILES string of the molecule is CC(CC(=O)O)Cn1nnnc1C1CCCO1. The van der Waals surface area contributed by atoms with E-state index in [-0.39, 0.29) is 18.4 Å². The summed E-state index contributed by atoms with van der Waals surface area (Å²) in [6.45, 7) is 3.12. The number of aromatic nitrogens is 4. The summed E-state index contributed by atoms with van der Waals surface area (Å²) >= 11 is 0. The van der Waals surface area contributed by atoms with Crippen molar-refractivity contribution in [3.05, 3.63) is 5.82 Å². The van der Waals surface area contributed by atoms with E-state index in [1.165, 1.54) is 0 Å². The molecule has 1 aromatic heterocycles. The largest absolute Gasteiger partial charge is 0.481 e. The molecule has 0 bridgehead atoms. The van der Waals surface area contributed by atoms with Gasteiger partial charge in [-0.25, -0.2) is 4.68 Å². The van der Waals surface area contributed by atoms with Gasteiger partial charge in [0.1, 0.15) is 6.10 Å². The summed E-state index contributed by atoms with van der Waals surface area (Å²) in [5.74, 6) is -0.0971. The summed E-state index contributed by atoms with van der Waals surface area (Å²) in [7, 11) is 0. The Morgan fingerprint density at radius 3 is 3.18 bits per heavy atom. The Bertz CT molecular complexity index is 387. The van der Waals surface area contributed by atoms with Gasteiger partial charge in [-0.2, -0.15) is 0 Å². The zero-order valence-corrected chi connectivity index (χ0v) is 9.74. The van der Waals surface area contributed by atoms with Gasteiger partial charge >= 0.3 is 5.97 Å². The molecule has 2 atom stereocenters. The third-order valence-electron chi connectivity index (χ3n) is 2.78. The zero-order chi connectivity index (χ0) is 12.3. The number of nitrogens with zero attached hydrogens (tertiary/aromatic N) is 4. The number of ether oxygens (including phenoxy) is 1. The quantitative estimate of drug-likeness (QED) is 0.812. The molecule has 1 aliphatic heterocycles. The van der Waals surface area contributed by atoms with Gasteiger partial charge in [0.25, 0.3) is 0 Å². The molecule has 0 radical (unpaired) electrons. The van der Waals surface area contributed by atoms with Crippen molar-refractivity contribution >= 4 is 5.97 Å². The highest BCUT2D eigenvalue weighted by molar-refractivity contribution is 5.66. The van der Waals surface area contributed by atoms with Crippen LogP contribution in [0.5, 0.6) is 0 Å². The van der Waals surface area contributed by atoms with Gasteiger partial charge in [0.2, 0.25) is 0 Å². The first-order valence-corrected chi connectivity index (χ1v) is 5.76. The number of tetrazole rings is 1. The Hall–Kier alpha value is -1.50. The second-order valence-electron chi connectivity index (χ2n) is 4.42. The maximum Gasteiger partial charge on any atom is 0.303 e. The van der Waals surface area contributed by atoms with Gasteiger partial charge in [-0.1, -0.05) is 6.92 Å². The summed E-state index contributed by atoms with van der Waals surface area (Å²) in [4.78, 5) is 10.6. The van der Waals surface area contributed by atoms with Crippen molar-refractivity contribution in [3.8, 4) is 0 Å². The third kappa shape index (κ3) is 3.00. The van der Waals surface area contributed by atoms with Crippen molar-refractivity contribution in [2.75, 3.05) is 6.61 Å². The fourth-order valence-corrected chi connectivity index (χ4v) is 2.01. The van der Waals surface area contributed by atoms with Gasteiger partial charge in [0.05, 0.1) is 0 Å². The fourth-order valence-electron chi connectivity index (χ4n) is 2.01. The van der Waals surface area contributed by atoms with E-state index >= 15 is 0 Å². The molecule has 1 fully saturated rings. The van der Waals surface area contributed by atoms with Gasteiger partial charge in [0, 0.05) is 19.6 Å². The summed E-state index contributed by atoms with van der Waals surface area (Å²) in [6, 6.07) is 0. The van der Waals surface area contributed by atoms with Gasteiger partial charge in [0.15, 0.2) is 5.82 Å². The Morgan fingerprint density at radius 1 is 1.71 bits per heavy atom. The third-order valence-corrected chi connectivity index (χ3v) is 2.78. The zero-order valence-electron chi connectivity index (χ0n) is 9.74. The van der Waals surface area contributed by atoms with Gasteiger partial charge in [-0.3, -0.25) is 4.79 Å². The minimum Gasteiger partial charge on any atom is -0.481 e. The number of hydrogen-bond donors (Lipinski definition) is 1. The number of rotatable bonds is 5. The Kier molecular flexibility index (Phi) is 3.68. The molecular formula is C10H16N4O3. The predicted molar refractivity (Wildman–Crippen MR) is 57.2 cm³/mol. The van der Waals surface area contributed by atoms with Crippen LogP contribution in [0.25, 0.3) is 0 Å². The molecule has 2 heterocycles. The summed E-state index contributed by atoms with van der Waals surface area (Å²) in [6.07, 6.45) is 2.02. The van der Waals surface area contributed by atoms with Crippen molar-refractivity contribution in [3.63, 3.8) is 0 Å². The maximum absolute atomic E-state index is 10.6. The highest BCUT2D eigenvalue weighted by atomic mass is 16.5. The van der Waals surface area contributed by atoms with Crippen LogP contribution in [0.15, 0.2) is 0 Å². The van der Waals surface area contributed by atoms with Crippen LogP contribution in [-0.2, 0) is 16.1 Å². The molecule has 1 saturated heterocycles. The van der Waals surface area contributed by atoms with E-state index in [9.17, 15) is 4.79 Å². The molecule has 0 saturated carbocycles. The Labute approximate surface area is 98.8 Å². The van der Waals surface area contributed by atoms with Crippen molar-refractivity contribution < 1.29 is 14.6 Å². The van der Waals surface area contributed by atoms with E-state index in [0.717, 1.165) is 19.4 Å². The molecule has 7 heteroatoms. The molecule has 2 unspecified atom stereocenters. The molecule has 2 rings (SSSR count). The van der Waals surface area contributed by atoms with E-state index in [1.807, 2.05) is 6.92 Å². The number of carbonyl (C=O) groups is 1. The molecule has 1 aromatic rings. The number of hydrogen-bond acceptors (Lipinski definition) is 5. The lowest BCUT2D eigenvalue weighted by Crippen LogP contribution is -2.17. The summed E-state index contributed by atoms with van der Waals surface area (Å²) < 4.78 is 7.18. The Morgan fingerprint density at radius 2 is 2.53 bits per heavy atom. The van der Waals surface area contributed by atoms with E-state index in [4.69, 9.17) is 9.84 Å². The molecule has 0 spiro atoms. The standard InChI is InChI=1S/C10H16N4O3/c1-7(5-9(15)16)6-14-10(11-12-13-14)8-3-2-4-17-8/h7-8H,2-6H2,1H3,(H,15,16). The molecule has 7 nitrogen and oxygen atoms in total. The second-order valence-corrected chi connectivity index (χ2v) is 4.42. The normalized spacial score (nSPS) is 21.6. The van der Waals surface area contributed by atoms with Crippen molar-refractivity contribution in [1.29, 1.82) is 0 Å². The first kappa shape index (κ1) is 12.0. The highest BCUT2D eigenvalue weighted by Gasteiger charge is 2.24. The molecule has 1 N–H and O–H groups in total. The lowest BCUT2D eigenvalue weighted by molar-refractivity contribution is -0.138. The molecular weight excluding hydrogens is 224 g/mol. The predicted octanol–water partition coefficient (Wildman–Crippen LogP) is 0.635. The second kappa shape index (κ2) is 5.22. The number of carboxylic acid groups (broad SMARTS) is 1. The first-order valence-electron chi connectivity index (χ1n) is 5.76. The molecule has 0 aliphatic carbocycles. The number of carboxylic acids is 1. The average molecular weight is 240 g/mol. The minimum absolute atomic E-state index is 0.00356. The monoisotopic (exact) mass is 240 g/mol. The van der Waals surface area contributed by atoms with Gasteiger partial charge in [-0.05, 0) is 29.2 Å². The molecule has 17 heavy (non-hydrogen) atoms. The van der Waals surface area contributed by atoms with Crippen molar-refractivity contribution in [2.45, 2.75) is 38.8 Å².